The Morgan fingerprint density at radius 2 is 1.91 bits per heavy atom. The summed E-state index contributed by atoms with van der Waals surface area (Å²) in [4.78, 5) is 30.7. The normalized spacial score (nSPS) is 15.8. The van der Waals surface area contributed by atoms with Crippen molar-refractivity contribution in [1.29, 1.82) is 0 Å². The Balaban J connectivity index is 1.24. The van der Waals surface area contributed by atoms with Crippen LogP contribution in [0.4, 0.5) is 15.3 Å². The first-order valence-corrected chi connectivity index (χ1v) is 11.1. The summed E-state index contributed by atoms with van der Waals surface area (Å²) in [5, 5.41) is 17.3. The number of nitrogens with zero attached hydrogens (tertiary/aromatic N) is 3. The van der Waals surface area contributed by atoms with Gasteiger partial charge in [0.25, 0.3) is 0 Å². The summed E-state index contributed by atoms with van der Waals surface area (Å²) in [6.45, 7) is 2.77. The van der Waals surface area contributed by atoms with Gasteiger partial charge in [0.05, 0.1) is 18.4 Å². The fourth-order valence-corrected chi connectivity index (χ4v) is 4.23. The number of aliphatic hydroxyl groups is 1. The Bertz CT molecular complexity index is 1110. The van der Waals surface area contributed by atoms with E-state index in [0.717, 1.165) is 18.7 Å². The Morgan fingerprint density at radius 1 is 1.15 bits per heavy atom. The molecule has 3 heterocycles. The molecule has 1 aliphatic heterocycles. The number of aromatic nitrogens is 2. The number of hydrogen-bond donors (Lipinski definition) is 3. The number of pyridine rings is 1. The summed E-state index contributed by atoms with van der Waals surface area (Å²) >= 11 is 0. The molecule has 2 amide bonds. The van der Waals surface area contributed by atoms with E-state index in [2.05, 4.69) is 20.5 Å². The molecule has 9 heteroatoms. The van der Waals surface area contributed by atoms with Crippen LogP contribution in [0, 0.1) is 0 Å². The molecule has 1 aliphatic rings. The number of piperidine rings is 1. The third-order valence-electron chi connectivity index (χ3n) is 6.08. The average molecular weight is 452 g/mol. The van der Waals surface area contributed by atoms with Gasteiger partial charge in [0.1, 0.15) is 0 Å². The number of likely N-dealkylation sites (tertiary alicyclic amines) is 1. The van der Waals surface area contributed by atoms with Crippen LogP contribution < -0.4 is 10.6 Å². The summed E-state index contributed by atoms with van der Waals surface area (Å²) in [7, 11) is 1.30. The smallest absolute Gasteiger partial charge is 0.419 e. The quantitative estimate of drug-likeness (QED) is 0.532. The first kappa shape index (κ1) is 22.8. The van der Waals surface area contributed by atoms with E-state index in [4.69, 9.17) is 4.74 Å². The molecule has 2 aromatic heterocycles. The lowest BCUT2D eigenvalue weighted by Gasteiger charge is -2.38. The molecule has 3 aromatic rings. The first-order chi connectivity index (χ1) is 16.0. The van der Waals surface area contributed by atoms with Crippen molar-refractivity contribution in [3.63, 3.8) is 0 Å². The molecule has 0 radical (unpaired) electrons. The standard InChI is InChI=1S/C24H29N5O4/c1-33-23(31)29-13-8-19-20(7-11-25-21(19)29)27-22(30)26-12-16-28-14-9-24(32,10-15-28)17-18-5-3-2-4-6-18/h2-8,11,13,32H,9-10,12,14-17H2,1H3,(H2,25,26,27,30). The molecule has 174 valence electrons. The van der Waals surface area contributed by atoms with E-state index >= 15 is 0 Å². The van der Waals surface area contributed by atoms with Crippen LogP contribution in [-0.2, 0) is 11.2 Å². The van der Waals surface area contributed by atoms with Gasteiger partial charge in [0, 0.05) is 50.4 Å². The predicted molar refractivity (Wildman–Crippen MR) is 125 cm³/mol. The second kappa shape index (κ2) is 10.0. The lowest BCUT2D eigenvalue weighted by atomic mass is 9.85. The summed E-state index contributed by atoms with van der Waals surface area (Å²) in [5.41, 5.74) is 1.45. The average Bonchev–Trinajstić information content (AvgIpc) is 3.26. The molecule has 3 N–H and O–H groups in total. The molecule has 9 nitrogen and oxygen atoms in total. The third kappa shape index (κ3) is 5.50. The lowest BCUT2D eigenvalue weighted by molar-refractivity contribution is -0.0201. The number of carbonyl (C=O) groups excluding carboxylic acids is 2. The highest BCUT2D eigenvalue weighted by atomic mass is 16.5. The molecular weight excluding hydrogens is 422 g/mol. The maximum Gasteiger partial charge on any atom is 0.419 e. The summed E-state index contributed by atoms with van der Waals surface area (Å²) in [6, 6.07) is 13.1. The Kier molecular flexibility index (Phi) is 6.90. The van der Waals surface area contributed by atoms with E-state index in [1.807, 2.05) is 30.3 Å². The van der Waals surface area contributed by atoms with Crippen LogP contribution in [0.15, 0.2) is 54.9 Å². The van der Waals surface area contributed by atoms with Crippen molar-refractivity contribution in [3.05, 3.63) is 60.4 Å². The molecule has 0 saturated carbocycles. The highest BCUT2D eigenvalue weighted by Gasteiger charge is 2.32. The number of urea groups is 1. The second-order valence-electron chi connectivity index (χ2n) is 8.36. The fourth-order valence-electron chi connectivity index (χ4n) is 4.23. The summed E-state index contributed by atoms with van der Waals surface area (Å²) in [6.07, 6.45) is 4.63. The first-order valence-electron chi connectivity index (χ1n) is 11.1. The number of nitrogens with one attached hydrogen (secondary N) is 2. The topological polar surface area (TPSA) is 109 Å². The number of fused-ring (bicyclic) bond motifs is 1. The molecule has 1 saturated heterocycles. The van der Waals surface area contributed by atoms with Crippen molar-refractivity contribution in [3.8, 4) is 0 Å². The molecule has 4 rings (SSSR count). The van der Waals surface area contributed by atoms with E-state index in [1.54, 1.807) is 18.3 Å². The number of carbonyl (C=O) groups is 2. The van der Waals surface area contributed by atoms with Gasteiger partial charge in [-0.3, -0.25) is 0 Å². The zero-order valence-corrected chi connectivity index (χ0v) is 18.7. The van der Waals surface area contributed by atoms with Gasteiger partial charge in [-0.1, -0.05) is 30.3 Å². The highest BCUT2D eigenvalue weighted by molar-refractivity contribution is 6.01. The highest BCUT2D eigenvalue weighted by Crippen LogP contribution is 2.26. The van der Waals surface area contributed by atoms with Crippen molar-refractivity contribution in [2.24, 2.45) is 0 Å². The van der Waals surface area contributed by atoms with Gasteiger partial charge in [0.15, 0.2) is 5.65 Å². The van der Waals surface area contributed by atoms with Crippen molar-refractivity contribution >= 4 is 28.8 Å². The molecular formula is C24H29N5O4. The Morgan fingerprint density at radius 3 is 2.64 bits per heavy atom. The van der Waals surface area contributed by atoms with Gasteiger partial charge >= 0.3 is 12.1 Å². The van der Waals surface area contributed by atoms with E-state index in [9.17, 15) is 14.7 Å². The summed E-state index contributed by atoms with van der Waals surface area (Å²) < 4.78 is 6.03. The predicted octanol–water partition coefficient (Wildman–Crippen LogP) is 2.84. The zero-order chi connectivity index (χ0) is 23.3. The maximum atomic E-state index is 12.4. The second-order valence-corrected chi connectivity index (χ2v) is 8.36. The zero-order valence-electron chi connectivity index (χ0n) is 18.7. The molecule has 1 aromatic carbocycles. The molecule has 0 aliphatic carbocycles. The maximum absolute atomic E-state index is 12.4. The molecule has 0 bridgehead atoms. The largest absolute Gasteiger partial charge is 0.452 e. The van der Waals surface area contributed by atoms with Crippen molar-refractivity contribution in [2.45, 2.75) is 24.9 Å². The number of ether oxygens (including phenoxy) is 1. The lowest BCUT2D eigenvalue weighted by Crippen LogP contribution is -2.47. The Labute approximate surface area is 192 Å². The van der Waals surface area contributed by atoms with Gasteiger partial charge in [-0.05, 0) is 30.5 Å². The SMILES string of the molecule is COC(=O)n1ccc2c(NC(=O)NCCN3CCC(O)(Cc4ccccc4)CC3)ccnc21. The molecule has 0 unspecified atom stereocenters. The molecule has 33 heavy (non-hydrogen) atoms. The van der Waals surface area contributed by atoms with Crippen LogP contribution in [0.25, 0.3) is 11.0 Å². The fraction of sp³-hybridized carbons (Fsp3) is 0.375. The molecule has 0 spiro atoms. The number of methoxy groups -OCH3 is 1. The van der Waals surface area contributed by atoms with Gasteiger partial charge in [-0.15, -0.1) is 0 Å². The van der Waals surface area contributed by atoms with Crippen molar-refractivity contribution in [1.82, 2.24) is 19.8 Å². The van der Waals surface area contributed by atoms with Crippen LogP contribution in [-0.4, -0.2) is 70.6 Å². The van der Waals surface area contributed by atoms with Crippen LogP contribution in [0.5, 0.6) is 0 Å². The number of amides is 2. The van der Waals surface area contributed by atoms with E-state index in [-0.39, 0.29) is 6.03 Å². The van der Waals surface area contributed by atoms with Crippen LogP contribution in [0.2, 0.25) is 0 Å². The minimum absolute atomic E-state index is 0.328. The van der Waals surface area contributed by atoms with E-state index in [1.165, 1.54) is 17.9 Å². The number of anilines is 1. The third-order valence-corrected chi connectivity index (χ3v) is 6.08. The van der Waals surface area contributed by atoms with Gasteiger partial charge < -0.3 is 25.4 Å². The van der Waals surface area contributed by atoms with Gasteiger partial charge in [-0.25, -0.2) is 19.1 Å². The van der Waals surface area contributed by atoms with Crippen molar-refractivity contribution in [2.75, 3.05) is 38.6 Å². The minimum Gasteiger partial charge on any atom is -0.452 e. The van der Waals surface area contributed by atoms with Gasteiger partial charge in [0.2, 0.25) is 0 Å². The summed E-state index contributed by atoms with van der Waals surface area (Å²) in [5.74, 6) is 0. The molecule has 1 fully saturated rings. The van der Waals surface area contributed by atoms with Crippen LogP contribution in [0.1, 0.15) is 18.4 Å². The van der Waals surface area contributed by atoms with Crippen molar-refractivity contribution < 1.29 is 19.4 Å². The Hall–Kier alpha value is -3.43. The molecule has 0 atom stereocenters. The van der Waals surface area contributed by atoms with E-state index in [0.29, 0.717) is 49.1 Å². The number of benzene rings is 1. The number of hydrogen-bond acceptors (Lipinski definition) is 6. The minimum atomic E-state index is -0.671. The van der Waals surface area contributed by atoms with Crippen LogP contribution in [0.3, 0.4) is 0 Å². The monoisotopic (exact) mass is 451 g/mol. The van der Waals surface area contributed by atoms with Crippen LogP contribution >= 0.6 is 0 Å². The van der Waals surface area contributed by atoms with Gasteiger partial charge in [-0.2, -0.15) is 0 Å². The van der Waals surface area contributed by atoms with E-state index < -0.39 is 11.7 Å². The number of rotatable bonds is 6.